The van der Waals surface area contributed by atoms with Crippen molar-refractivity contribution in [2.24, 2.45) is 0 Å². The largest absolute Gasteiger partial charge is 0.489 e. The van der Waals surface area contributed by atoms with Crippen LogP contribution in [0.25, 0.3) is 10.9 Å². The number of halogens is 1. The Bertz CT molecular complexity index is 764. The van der Waals surface area contributed by atoms with Gasteiger partial charge in [0.2, 0.25) is 5.28 Å². The monoisotopic (exact) mass is 313 g/mol. The Morgan fingerprint density at radius 2 is 1.77 bits per heavy atom. The molecule has 112 valence electrons. The summed E-state index contributed by atoms with van der Waals surface area (Å²) in [5.74, 6) is 1.57. The summed E-state index contributed by atoms with van der Waals surface area (Å²) in [5.41, 5.74) is 0.821. The number of aromatic nitrogens is 2. The molecule has 5 heteroatoms. The molecule has 3 aromatic rings. The molecule has 0 aliphatic heterocycles. The van der Waals surface area contributed by atoms with Crippen molar-refractivity contribution in [1.82, 2.24) is 9.97 Å². The van der Waals surface area contributed by atoms with Crippen LogP contribution in [-0.2, 0) is 0 Å². The van der Waals surface area contributed by atoms with Gasteiger partial charge in [-0.25, -0.2) is 9.97 Å². The lowest BCUT2D eigenvalue weighted by atomic mass is 10.2. The maximum atomic E-state index is 5.98. The Hall–Kier alpha value is -2.33. The zero-order valence-corrected chi connectivity index (χ0v) is 12.9. The van der Waals surface area contributed by atoms with E-state index >= 15 is 0 Å². The van der Waals surface area contributed by atoms with E-state index in [2.05, 4.69) is 15.3 Å². The molecule has 4 nitrogen and oxygen atoms in total. The van der Waals surface area contributed by atoms with E-state index in [0.717, 1.165) is 22.5 Å². The van der Waals surface area contributed by atoms with Gasteiger partial charge in [0.25, 0.3) is 0 Å². The number of hydrogen-bond donors (Lipinski definition) is 1. The summed E-state index contributed by atoms with van der Waals surface area (Å²) in [5, 5.41) is 4.47. The van der Waals surface area contributed by atoms with Gasteiger partial charge in [-0.15, -0.1) is 0 Å². The van der Waals surface area contributed by atoms with Crippen LogP contribution in [0.2, 0.25) is 5.28 Å². The van der Waals surface area contributed by atoms with Crippen molar-refractivity contribution < 1.29 is 4.74 Å². The fraction of sp³-hybridized carbons (Fsp3) is 0.176. The quantitative estimate of drug-likeness (QED) is 0.718. The highest BCUT2D eigenvalue weighted by atomic mass is 35.5. The summed E-state index contributed by atoms with van der Waals surface area (Å²) in [6, 6.07) is 17.5. The van der Waals surface area contributed by atoms with Crippen LogP contribution >= 0.6 is 11.6 Å². The first kappa shape index (κ1) is 14.6. The van der Waals surface area contributed by atoms with Crippen molar-refractivity contribution in [2.75, 3.05) is 11.9 Å². The molecule has 0 fully saturated rings. The molecule has 1 atom stereocenters. The van der Waals surface area contributed by atoms with E-state index in [1.807, 2.05) is 61.5 Å². The van der Waals surface area contributed by atoms with E-state index in [1.54, 1.807) is 0 Å². The number of hydrogen-bond acceptors (Lipinski definition) is 4. The van der Waals surface area contributed by atoms with Crippen LogP contribution in [0.1, 0.15) is 6.92 Å². The minimum Gasteiger partial charge on any atom is -0.489 e. The number of nitrogens with one attached hydrogen (secondary N) is 1. The maximum absolute atomic E-state index is 5.98. The molecule has 3 rings (SSSR count). The van der Waals surface area contributed by atoms with Crippen LogP contribution in [0.3, 0.4) is 0 Å². The van der Waals surface area contributed by atoms with Crippen LogP contribution in [0.15, 0.2) is 54.6 Å². The van der Waals surface area contributed by atoms with Gasteiger partial charge in [-0.05, 0) is 42.8 Å². The number of benzene rings is 2. The molecule has 1 unspecified atom stereocenters. The predicted octanol–water partition coefficient (Wildman–Crippen LogP) is 4.16. The van der Waals surface area contributed by atoms with Crippen molar-refractivity contribution in [3.8, 4) is 5.75 Å². The van der Waals surface area contributed by atoms with Gasteiger partial charge < -0.3 is 10.1 Å². The molecule has 1 aromatic heterocycles. The van der Waals surface area contributed by atoms with E-state index in [4.69, 9.17) is 16.3 Å². The molecule has 0 saturated heterocycles. The highest BCUT2D eigenvalue weighted by Gasteiger charge is 2.08. The second-order valence-corrected chi connectivity index (χ2v) is 5.32. The maximum Gasteiger partial charge on any atom is 0.224 e. The third-order valence-corrected chi connectivity index (χ3v) is 3.38. The molecule has 2 aromatic carbocycles. The van der Waals surface area contributed by atoms with Crippen LogP contribution in [0.5, 0.6) is 5.75 Å². The SMILES string of the molecule is CC(CNc1nc(Cl)nc2ccccc12)Oc1ccccc1. The number of para-hydroxylation sites is 2. The number of anilines is 1. The molecule has 0 saturated carbocycles. The van der Waals surface area contributed by atoms with Gasteiger partial charge >= 0.3 is 0 Å². The van der Waals surface area contributed by atoms with Gasteiger partial charge in [-0.2, -0.15) is 0 Å². The van der Waals surface area contributed by atoms with E-state index in [-0.39, 0.29) is 11.4 Å². The van der Waals surface area contributed by atoms with Crippen LogP contribution < -0.4 is 10.1 Å². The fourth-order valence-electron chi connectivity index (χ4n) is 2.20. The Morgan fingerprint density at radius 3 is 2.59 bits per heavy atom. The van der Waals surface area contributed by atoms with Crippen molar-refractivity contribution in [3.63, 3.8) is 0 Å². The van der Waals surface area contributed by atoms with Crippen LogP contribution in [0.4, 0.5) is 5.82 Å². The second kappa shape index (κ2) is 6.62. The first-order chi connectivity index (χ1) is 10.7. The Balaban J connectivity index is 1.71. The second-order valence-electron chi connectivity index (χ2n) is 4.98. The van der Waals surface area contributed by atoms with Gasteiger partial charge in [-0.3, -0.25) is 0 Å². The Kier molecular flexibility index (Phi) is 4.39. The predicted molar refractivity (Wildman–Crippen MR) is 89.6 cm³/mol. The number of rotatable bonds is 5. The molecular formula is C17H16ClN3O. The summed E-state index contributed by atoms with van der Waals surface area (Å²) < 4.78 is 5.84. The number of ether oxygens (including phenoxy) is 1. The lowest BCUT2D eigenvalue weighted by Gasteiger charge is -2.16. The van der Waals surface area contributed by atoms with Gasteiger partial charge in [0.1, 0.15) is 17.7 Å². The van der Waals surface area contributed by atoms with Gasteiger partial charge in [-0.1, -0.05) is 30.3 Å². The third-order valence-electron chi connectivity index (χ3n) is 3.21. The van der Waals surface area contributed by atoms with E-state index in [0.29, 0.717) is 6.54 Å². The number of fused-ring (bicyclic) bond motifs is 1. The highest BCUT2D eigenvalue weighted by Crippen LogP contribution is 2.22. The average Bonchev–Trinajstić information content (AvgIpc) is 2.53. The summed E-state index contributed by atoms with van der Waals surface area (Å²) in [6.45, 7) is 2.62. The minimum atomic E-state index is -0.00472. The summed E-state index contributed by atoms with van der Waals surface area (Å²) in [7, 11) is 0. The standard InChI is InChI=1S/C17H16ClN3O/c1-12(22-13-7-3-2-4-8-13)11-19-16-14-9-5-6-10-15(14)20-17(18)21-16/h2-10,12H,11H2,1H3,(H,19,20,21). The van der Waals surface area contributed by atoms with Crippen LogP contribution in [0, 0.1) is 0 Å². The first-order valence-corrected chi connectivity index (χ1v) is 7.48. The topological polar surface area (TPSA) is 47.0 Å². The highest BCUT2D eigenvalue weighted by molar-refractivity contribution is 6.28. The van der Waals surface area contributed by atoms with E-state index in [1.165, 1.54) is 0 Å². The molecule has 0 aliphatic rings. The van der Waals surface area contributed by atoms with Gasteiger partial charge in [0.15, 0.2) is 0 Å². The minimum absolute atomic E-state index is 0.00472. The molecule has 0 amide bonds. The molecule has 0 bridgehead atoms. The van der Waals surface area contributed by atoms with Gasteiger partial charge in [0.05, 0.1) is 12.1 Å². The van der Waals surface area contributed by atoms with Crippen molar-refractivity contribution in [3.05, 3.63) is 59.9 Å². The fourth-order valence-corrected chi connectivity index (χ4v) is 2.37. The zero-order chi connectivity index (χ0) is 15.4. The van der Waals surface area contributed by atoms with Crippen molar-refractivity contribution in [1.29, 1.82) is 0 Å². The van der Waals surface area contributed by atoms with Crippen LogP contribution in [-0.4, -0.2) is 22.6 Å². The summed E-state index contributed by atoms with van der Waals surface area (Å²) >= 11 is 5.98. The van der Waals surface area contributed by atoms with Gasteiger partial charge in [0, 0.05) is 5.39 Å². The molecule has 0 radical (unpaired) electrons. The molecule has 0 spiro atoms. The molecule has 1 heterocycles. The lowest BCUT2D eigenvalue weighted by molar-refractivity contribution is 0.234. The van der Waals surface area contributed by atoms with E-state index in [9.17, 15) is 0 Å². The third kappa shape index (κ3) is 3.46. The molecule has 22 heavy (non-hydrogen) atoms. The zero-order valence-electron chi connectivity index (χ0n) is 12.2. The van der Waals surface area contributed by atoms with Crippen molar-refractivity contribution >= 4 is 28.3 Å². The molecular weight excluding hydrogens is 298 g/mol. The average molecular weight is 314 g/mol. The number of nitrogens with zero attached hydrogens (tertiary/aromatic N) is 2. The Labute approximate surface area is 134 Å². The normalized spacial score (nSPS) is 12.1. The smallest absolute Gasteiger partial charge is 0.224 e. The summed E-state index contributed by atoms with van der Waals surface area (Å²) in [6.07, 6.45) is -0.00472. The molecule has 0 aliphatic carbocycles. The lowest BCUT2D eigenvalue weighted by Crippen LogP contribution is -2.23. The first-order valence-electron chi connectivity index (χ1n) is 7.10. The van der Waals surface area contributed by atoms with Crippen molar-refractivity contribution in [2.45, 2.75) is 13.0 Å². The molecule has 1 N–H and O–H groups in total. The summed E-state index contributed by atoms with van der Waals surface area (Å²) in [4.78, 5) is 8.48. The Morgan fingerprint density at radius 1 is 1.05 bits per heavy atom. The van der Waals surface area contributed by atoms with E-state index < -0.39 is 0 Å².